The van der Waals surface area contributed by atoms with E-state index < -0.39 is 17.8 Å². The van der Waals surface area contributed by atoms with Crippen molar-refractivity contribution in [3.63, 3.8) is 0 Å². The highest BCUT2D eigenvalue weighted by Crippen LogP contribution is 2.29. The van der Waals surface area contributed by atoms with E-state index in [2.05, 4.69) is 5.32 Å². The Morgan fingerprint density at radius 2 is 1.68 bits per heavy atom. The number of barbiturate groups is 1. The lowest BCUT2D eigenvalue weighted by Gasteiger charge is -2.26. The lowest BCUT2D eigenvalue weighted by atomic mass is 10.0. The second-order valence-electron chi connectivity index (χ2n) is 6.51. The Kier molecular flexibility index (Phi) is 4.28. The number of carbonyl (C=O) groups excluding carboxylic acids is 3. The molecule has 0 radical (unpaired) electrons. The standard InChI is InChI=1S/C21H16ClN3O3/c1-12-16(15-5-3-4-6-18(15)24(12)2)11-17-19(26)23-21(28)25(20(17)27)14-9-7-13(22)8-10-14/h3-11H,1-2H3,(H,23,26,28)/b17-11+. The first-order chi connectivity index (χ1) is 13.4. The molecule has 0 bridgehead atoms. The van der Waals surface area contributed by atoms with E-state index in [1.54, 1.807) is 30.3 Å². The number of anilines is 1. The number of hydrogen-bond donors (Lipinski definition) is 1. The number of amides is 4. The lowest BCUT2D eigenvalue weighted by molar-refractivity contribution is -0.122. The number of aryl methyl sites for hydroxylation is 1. The molecular formula is C21H16ClN3O3. The molecule has 0 spiro atoms. The minimum Gasteiger partial charge on any atom is -0.347 e. The summed E-state index contributed by atoms with van der Waals surface area (Å²) in [6.45, 7) is 1.92. The first kappa shape index (κ1) is 18.0. The molecule has 0 unspecified atom stereocenters. The van der Waals surface area contributed by atoms with Gasteiger partial charge in [0.25, 0.3) is 11.8 Å². The first-order valence-electron chi connectivity index (χ1n) is 8.59. The second-order valence-corrected chi connectivity index (χ2v) is 6.95. The molecular weight excluding hydrogens is 378 g/mol. The summed E-state index contributed by atoms with van der Waals surface area (Å²) in [6, 6.07) is 13.2. The molecule has 1 N–H and O–H groups in total. The molecule has 0 aliphatic carbocycles. The maximum absolute atomic E-state index is 13.0. The molecule has 4 amide bonds. The number of halogens is 1. The molecule has 6 nitrogen and oxygen atoms in total. The summed E-state index contributed by atoms with van der Waals surface area (Å²) in [4.78, 5) is 38.7. The Labute approximate surface area is 166 Å². The zero-order valence-corrected chi connectivity index (χ0v) is 15.9. The number of hydrogen-bond acceptors (Lipinski definition) is 3. The van der Waals surface area contributed by atoms with Crippen LogP contribution in [0.5, 0.6) is 0 Å². The molecule has 2 aromatic carbocycles. The maximum Gasteiger partial charge on any atom is 0.335 e. The van der Waals surface area contributed by atoms with Gasteiger partial charge in [-0.15, -0.1) is 0 Å². The fraction of sp³-hybridized carbons (Fsp3) is 0.0952. The van der Waals surface area contributed by atoms with Crippen LogP contribution in [0.4, 0.5) is 10.5 Å². The molecule has 1 aliphatic heterocycles. The highest BCUT2D eigenvalue weighted by atomic mass is 35.5. The van der Waals surface area contributed by atoms with Crippen LogP contribution < -0.4 is 10.2 Å². The number of urea groups is 1. The average molecular weight is 394 g/mol. The van der Waals surface area contributed by atoms with Crippen molar-refractivity contribution in [2.24, 2.45) is 7.05 Å². The minimum absolute atomic E-state index is 0.103. The van der Waals surface area contributed by atoms with Crippen LogP contribution in [0.1, 0.15) is 11.3 Å². The highest BCUT2D eigenvalue weighted by Gasteiger charge is 2.37. The summed E-state index contributed by atoms with van der Waals surface area (Å²) in [6.07, 6.45) is 1.55. The van der Waals surface area contributed by atoms with Crippen LogP contribution in [-0.4, -0.2) is 22.4 Å². The normalized spacial score (nSPS) is 16.2. The fourth-order valence-corrected chi connectivity index (χ4v) is 3.48. The van der Waals surface area contributed by atoms with E-state index in [0.717, 1.165) is 27.1 Å². The van der Waals surface area contributed by atoms with E-state index in [0.29, 0.717) is 10.7 Å². The predicted molar refractivity (Wildman–Crippen MR) is 108 cm³/mol. The summed E-state index contributed by atoms with van der Waals surface area (Å²) >= 11 is 5.89. The molecule has 1 aromatic heterocycles. The molecule has 1 aliphatic rings. The predicted octanol–water partition coefficient (Wildman–Crippen LogP) is 3.81. The first-order valence-corrected chi connectivity index (χ1v) is 8.97. The number of aromatic nitrogens is 1. The quantitative estimate of drug-likeness (QED) is 0.531. The summed E-state index contributed by atoms with van der Waals surface area (Å²) in [7, 11) is 1.92. The van der Waals surface area contributed by atoms with E-state index in [1.807, 2.05) is 42.8 Å². The van der Waals surface area contributed by atoms with Gasteiger partial charge in [0.1, 0.15) is 5.57 Å². The number of fused-ring (bicyclic) bond motifs is 1. The van der Waals surface area contributed by atoms with Crippen molar-refractivity contribution >= 4 is 52.1 Å². The molecule has 2 heterocycles. The van der Waals surface area contributed by atoms with Gasteiger partial charge in [-0.3, -0.25) is 14.9 Å². The van der Waals surface area contributed by atoms with Gasteiger partial charge in [0.15, 0.2) is 0 Å². The number of nitrogens with zero attached hydrogens (tertiary/aromatic N) is 2. The van der Waals surface area contributed by atoms with Crippen molar-refractivity contribution in [2.45, 2.75) is 6.92 Å². The summed E-state index contributed by atoms with van der Waals surface area (Å²) in [5.41, 5.74) is 2.89. The fourth-order valence-electron chi connectivity index (χ4n) is 3.36. The van der Waals surface area contributed by atoms with Crippen molar-refractivity contribution < 1.29 is 14.4 Å². The molecule has 7 heteroatoms. The zero-order chi connectivity index (χ0) is 20.0. The molecule has 0 atom stereocenters. The minimum atomic E-state index is -0.788. The molecule has 3 aromatic rings. The van der Waals surface area contributed by atoms with Gasteiger partial charge in [-0.25, -0.2) is 9.69 Å². The van der Waals surface area contributed by atoms with E-state index in [1.165, 1.54) is 0 Å². The van der Waals surface area contributed by atoms with Gasteiger partial charge in [0.2, 0.25) is 0 Å². The topological polar surface area (TPSA) is 71.4 Å². The van der Waals surface area contributed by atoms with Crippen molar-refractivity contribution in [3.05, 3.63) is 70.4 Å². The highest BCUT2D eigenvalue weighted by molar-refractivity contribution is 6.39. The van der Waals surface area contributed by atoms with Crippen LogP contribution in [-0.2, 0) is 16.6 Å². The van der Waals surface area contributed by atoms with Crippen molar-refractivity contribution in [1.82, 2.24) is 9.88 Å². The lowest BCUT2D eigenvalue weighted by Crippen LogP contribution is -2.54. The van der Waals surface area contributed by atoms with Gasteiger partial charge in [-0.1, -0.05) is 29.8 Å². The van der Waals surface area contributed by atoms with Crippen LogP contribution in [0.3, 0.4) is 0 Å². The van der Waals surface area contributed by atoms with Crippen LogP contribution in [0.2, 0.25) is 5.02 Å². The molecule has 1 fully saturated rings. The third-order valence-corrected chi connectivity index (χ3v) is 5.18. The number of para-hydroxylation sites is 1. The Bertz CT molecular complexity index is 1180. The van der Waals surface area contributed by atoms with Crippen molar-refractivity contribution in [3.8, 4) is 0 Å². The summed E-state index contributed by atoms with van der Waals surface area (Å²) in [5, 5.41) is 3.64. The van der Waals surface area contributed by atoms with Gasteiger partial charge in [0.05, 0.1) is 5.69 Å². The smallest absolute Gasteiger partial charge is 0.335 e. The molecule has 0 saturated carbocycles. The molecule has 1 saturated heterocycles. The van der Waals surface area contributed by atoms with E-state index in [4.69, 9.17) is 11.6 Å². The maximum atomic E-state index is 13.0. The Balaban J connectivity index is 1.84. The molecule has 4 rings (SSSR count). The largest absolute Gasteiger partial charge is 0.347 e. The van der Waals surface area contributed by atoms with E-state index >= 15 is 0 Å². The summed E-state index contributed by atoms with van der Waals surface area (Å²) in [5.74, 6) is -1.39. The van der Waals surface area contributed by atoms with E-state index in [9.17, 15) is 14.4 Å². The number of benzene rings is 2. The summed E-state index contributed by atoms with van der Waals surface area (Å²) < 4.78 is 2.00. The van der Waals surface area contributed by atoms with Crippen LogP contribution in [0.15, 0.2) is 54.1 Å². The average Bonchev–Trinajstić information content (AvgIpc) is 2.91. The number of rotatable bonds is 2. The van der Waals surface area contributed by atoms with Crippen LogP contribution in [0, 0.1) is 6.92 Å². The Hall–Kier alpha value is -3.38. The van der Waals surface area contributed by atoms with Gasteiger partial charge in [-0.2, -0.15) is 0 Å². The third kappa shape index (κ3) is 2.78. The Morgan fingerprint density at radius 1 is 1.00 bits per heavy atom. The monoisotopic (exact) mass is 393 g/mol. The van der Waals surface area contributed by atoms with Crippen LogP contribution in [0.25, 0.3) is 17.0 Å². The SMILES string of the molecule is Cc1c(/C=C2\C(=O)NC(=O)N(c3ccc(Cl)cc3)C2=O)c2ccccc2n1C. The Morgan fingerprint density at radius 3 is 2.39 bits per heavy atom. The number of nitrogens with one attached hydrogen (secondary N) is 1. The van der Waals surface area contributed by atoms with Gasteiger partial charge in [-0.05, 0) is 43.3 Å². The van der Waals surface area contributed by atoms with Gasteiger partial charge in [0, 0.05) is 34.2 Å². The van der Waals surface area contributed by atoms with Crippen molar-refractivity contribution in [1.29, 1.82) is 0 Å². The molecule has 28 heavy (non-hydrogen) atoms. The molecule has 140 valence electrons. The van der Waals surface area contributed by atoms with Gasteiger partial charge >= 0.3 is 6.03 Å². The van der Waals surface area contributed by atoms with E-state index in [-0.39, 0.29) is 5.57 Å². The van der Waals surface area contributed by atoms with Gasteiger partial charge < -0.3 is 4.57 Å². The van der Waals surface area contributed by atoms with Crippen molar-refractivity contribution in [2.75, 3.05) is 4.90 Å². The number of imide groups is 2. The zero-order valence-electron chi connectivity index (χ0n) is 15.2. The second kappa shape index (κ2) is 6.65. The van der Waals surface area contributed by atoms with Crippen LogP contribution >= 0.6 is 11.6 Å². The number of carbonyl (C=O) groups is 3. The third-order valence-electron chi connectivity index (χ3n) is 4.92.